The number of aryl methyl sites for hydroxylation is 1. The van der Waals surface area contributed by atoms with Crippen LogP contribution in [0.15, 0.2) is 65.7 Å². The quantitative estimate of drug-likeness (QED) is 0.671. The fourth-order valence-electron chi connectivity index (χ4n) is 2.19. The van der Waals surface area contributed by atoms with Gasteiger partial charge in [-0.05, 0) is 41.0 Å². The van der Waals surface area contributed by atoms with E-state index in [1.54, 1.807) is 12.3 Å². The van der Waals surface area contributed by atoms with Crippen molar-refractivity contribution in [2.45, 2.75) is 6.92 Å². The number of aliphatic imine (C=N–C) groups is 1. The van der Waals surface area contributed by atoms with Crippen LogP contribution in [0.3, 0.4) is 0 Å². The van der Waals surface area contributed by atoms with Gasteiger partial charge >= 0.3 is 0 Å². The highest BCUT2D eigenvalue weighted by Gasteiger charge is 2.02. The van der Waals surface area contributed by atoms with E-state index < -0.39 is 0 Å². The number of hydrogen-bond acceptors (Lipinski definition) is 2. The number of rotatable bonds is 2. The molecule has 0 aliphatic carbocycles. The van der Waals surface area contributed by atoms with E-state index in [4.69, 9.17) is 0 Å². The van der Waals surface area contributed by atoms with Crippen molar-refractivity contribution in [1.29, 1.82) is 0 Å². The highest BCUT2D eigenvalue weighted by molar-refractivity contribution is 5.90. The Morgan fingerprint density at radius 2 is 1.55 bits per heavy atom. The number of phenolic OH excluding ortho intramolecular Hbond substituents is 1. The van der Waals surface area contributed by atoms with Gasteiger partial charge in [0.05, 0.1) is 0 Å². The minimum absolute atomic E-state index is 0.202. The molecule has 0 fully saturated rings. The number of nitrogens with zero attached hydrogens (tertiary/aromatic N) is 1. The molecule has 0 aliphatic rings. The number of aromatic hydroxyl groups is 1. The van der Waals surface area contributed by atoms with Gasteiger partial charge in [-0.3, -0.25) is 4.99 Å². The van der Waals surface area contributed by atoms with Gasteiger partial charge in [0.25, 0.3) is 0 Å². The van der Waals surface area contributed by atoms with Crippen LogP contribution in [-0.2, 0) is 0 Å². The Morgan fingerprint density at radius 3 is 2.30 bits per heavy atom. The van der Waals surface area contributed by atoms with Gasteiger partial charge in [-0.25, -0.2) is 0 Å². The first kappa shape index (κ1) is 12.4. The summed E-state index contributed by atoms with van der Waals surface area (Å²) < 4.78 is 0. The third-order valence-corrected chi connectivity index (χ3v) is 3.37. The number of benzene rings is 3. The topological polar surface area (TPSA) is 32.6 Å². The lowest BCUT2D eigenvalue weighted by Crippen LogP contribution is -1.85. The summed E-state index contributed by atoms with van der Waals surface area (Å²) in [5.74, 6) is 0.202. The zero-order chi connectivity index (χ0) is 13.9. The summed E-state index contributed by atoms with van der Waals surface area (Å²) in [7, 11) is 0. The van der Waals surface area contributed by atoms with E-state index in [2.05, 4.69) is 4.99 Å². The van der Waals surface area contributed by atoms with E-state index in [9.17, 15) is 5.11 Å². The standard InChI is InChI=1S/C18H15NO/c1-13-6-2-3-9-16(13)12-19-17-10-14-7-4-5-8-15(14)11-18(17)20/h2-12,20H,1H3. The van der Waals surface area contributed by atoms with Crippen LogP contribution < -0.4 is 0 Å². The molecular weight excluding hydrogens is 246 g/mol. The van der Waals surface area contributed by atoms with Crippen molar-refractivity contribution in [3.05, 3.63) is 71.8 Å². The molecule has 0 saturated heterocycles. The Balaban J connectivity index is 2.02. The summed E-state index contributed by atoms with van der Waals surface area (Å²) in [6, 6.07) is 19.6. The molecule has 2 nitrogen and oxygen atoms in total. The van der Waals surface area contributed by atoms with E-state index in [0.29, 0.717) is 5.69 Å². The molecule has 3 aromatic carbocycles. The predicted octanol–water partition coefficient (Wildman–Crippen LogP) is 4.60. The third-order valence-electron chi connectivity index (χ3n) is 3.37. The van der Waals surface area contributed by atoms with E-state index >= 15 is 0 Å². The normalized spacial score (nSPS) is 11.2. The van der Waals surface area contributed by atoms with Gasteiger partial charge in [-0.15, -0.1) is 0 Å². The van der Waals surface area contributed by atoms with Crippen LogP contribution in [0, 0.1) is 6.92 Å². The minimum atomic E-state index is 0.202. The average Bonchev–Trinajstić information content (AvgIpc) is 2.46. The van der Waals surface area contributed by atoms with Gasteiger partial charge in [0.2, 0.25) is 0 Å². The Hall–Kier alpha value is -2.61. The van der Waals surface area contributed by atoms with Gasteiger partial charge in [0.1, 0.15) is 11.4 Å². The number of hydrogen-bond donors (Lipinski definition) is 1. The molecule has 0 spiro atoms. The van der Waals surface area contributed by atoms with E-state index in [-0.39, 0.29) is 5.75 Å². The zero-order valence-corrected chi connectivity index (χ0v) is 11.2. The third kappa shape index (κ3) is 2.41. The fourth-order valence-corrected chi connectivity index (χ4v) is 2.19. The predicted molar refractivity (Wildman–Crippen MR) is 84.0 cm³/mol. The fraction of sp³-hybridized carbons (Fsp3) is 0.0556. The second kappa shape index (κ2) is 5.17. The van der Waals surface area contributed by atoms with Crippen LogP contribution >= 0.6 is 0 Å². The lowest BCUT2D eigenvalue weighted by atomic mass is 10.1. The molecule has 0 heterocycles. The second-order valence-corrected chi connectivity index (χ2v) is 4.80. The molecule has 0 unspecified atom stereocenters. The lowest BCUT2D eigenvalue weighted by Gasteiger charge is -2.03. The van der Waals surface area contributed by atoms with Crippen molar-refractivity contribution in [2.75, 3.05) is 0 Å². The van der Waals surface area contributed by atoms with Gasteiger partial charge in [-0.2, -0.15) is 0 Å². The maximum Gasteiger partial charge on any atom is 0.141 e. The zero-order valence-electron chi connectivity index (χ0n) is 11.2. The summed E-state index contributed by atoms with van der Waals surface area (Å²) >= 11 is 0. The molecule has 3 aromatic rings. The molecule has 20 heavy (non-hydrogen) atoms. The Bertz CT molecular complexity index is 790. The van der Waals surface area contributed by atoms with E-state index in [1.807, 2.05) is 61.5 Å². The smallest absolute Gasteiger partial charge is 0.141 e. The molecule has 0 aliphatic heterocycles. The first-order valence-corrected chi connectivity index (χ1v) is 6.55. The molecule has 0 saturated carbocycles. The highest BCUT2D eigenvalue weighted by Crippen LogP contribution is 2.31. The van der Waals surface area contributed by atoms with Crippen molar-refractivity contribution >= 4 is 22.7 Å². The van der Waals surface area contributed by atoms with Gasteiger partial charge in [0.15, 0.2) is 0 Å². The van der Waals surface area contributed by atoms with Crippen LogP contribution in [0.5, 0.6) is 5.75 Å². The van der Waals surface area contributed by atoms with Gasteiger partial charge in [-0.1, -0.05) is 48.5 Å². The van der Waals surface area contributed by atoms with Crippen molar-refractivity contribution in [3.63, 3.8) is 0 Å². The number of phenols is 1. The first-order valence-electron chi connectivity index (χ1n) is 6.55. The minimum Gasteiger partial charge on any atom is -0.506 e. The molecular formula is C18H15NO. The summed E-state index contributed by atoms with van der Waals surface area (Å²) in [4.78, 5) is 4.41. The molecule has 0 aromatic heterocycles. The highest BCUT2D eigenvalue weighted by atomic mass is 16.3. The van der Waals surface area contributed by atoms with Crippen molar-refractivity contribution in [3.8, 4) is 5.75 Å². The molecule has 98 valence electrons. The monoisotopic (exact) mass is 261 g/mol. The molecule has 0 atom stereocenters. The summed E-state index contributed by atoms with van der Waals surface area (Å²) in [6.07, 6.45) is 1.79. The second-order valence-electron chi connectivity index (χ2n) is 4.80. The van der Waals surface area contributed by atoms with Crippen molar-refractivity contribution in [2.24, 2.45) is 4.99 Å². The number of fused-ring (bicyclic) bond motifs is 1. The Morgan fingerprint density at radius 1 is 0.900 bits per heavy atom. The summed E-state index contributed by atoms with van der Waals surface area (Å²) in [5.41, 5.74) is 2.81. The lowest BCUT2D eigenvalue weighted by molar-refractivity contribution is 0.478. The van der Waals surface area contributed by atoms with Crippen LogP contribution in [0.4, 0.5) is 5.69 Å². The van der Waals surface area contributed by atoms with Crippen LogP contribution in [-0.4, -0.2) is 11.3 Å². The first-order chi connectivity index (χ1) is 9.74. The van der Waals surface area contributed by atoms with Gasteiger partial charge < -0.3 is 5.11 Å². The van der Waals surface area contributed by atoms with E-state index in [1.165, 1.54) is 0 Å². The maximum atomic E-state index is 10.0. The van der Waals surface area contributed by atoms with E-state index in [0.717, 1.165) is 21.9 Å². The molecule has 1 N–H and O–H groups in total. The van der Waals surface area contributed by atoms with Crippen molar-refractivity contribution in [1.82, 2.24) is 0 Å². The van der Waals surface area contributed by atoms with Crippen LogP contribution in [0.2, 0.25) is 0 Å². The van der Waals surface area contributed by atoms with Crippen LogP contribution in [0.1, 0.15) is 11.1 Å². The van der Waals surface area contributed by atoms with Crippen LogP contribution in [0.25, 0.3) is 10.8 Å². The SMILES string of the molecule is Cc1ccccc1C=Nc1cc2ccccc2cc1O. The van der Waals surface area contributed by atoms with Gasteiger partial charge in [0, 0.05) is 6.21 Å². The summed E-state index contributed by atoms with van der Waals surface area (Å²) in [5, 5.41) is 12.1. The molecule has 0 radical (unpaired) electrons. The Kier molecular flexibility index (Phi) is 3.21. The molecule has 0 bridgehead atoms. The maximum absolute atomic E-state index is 10.0. The summed E-state index contributed by atoms with van der Waals surface area (Å²) in [6.45, 7) is 2.04. The van der Waals surface area contributed by atoms with Crippen molar-refractivity contribution < 1.29 is 5.11 Å². The Labute approximate surface area is 118 Å². The molecule has 3 rings (SSSR count). The molecule has 2 heteroatoms. The average molecular weight is 261 g/mol. The molecule has 0 amide bonds. The largest absolute Gasteiger partial charge is 0.506 e.